The lowest BCUT2D eigenvalue weighted by Crippen LogP contribution is -2.19. The van der Waals surface area contributed by atoms with Gasteiger partial charge in [-0.1, -0.05) is 11.6 Å². The molecule has 1 aromatic heterocycles. The Hall–Kier alpha value is -2.58. The van der Waals surface area contributed by atoms with Crippen LogP contribution in [0, 0.1) is 6.92 Å². The summed E-state index contributed by atoms with van der Waals surface area (Å²) in [6.45, 7) is 1.79. The van der Waals surface area contributed by atoms with Crippen LogP contribution >= 0.6 is 23.8 Å². The van der Waals surface area contributed by atoms with Crippen LogP contribution in [0.1, 0.15) is 11.1 Å². The topological polar surface area (TPSA) is 54.3 Å². The molecule has 1 heterocycles. The zero-order valence-corrected chi connectivity index (χ0v) is 15.4. The highest BCUT2D eigenvalue weighted by Crippen LogP contribution is 2.36. The van der Waals surface area contributed by atoms with Crippen molar-refractivity contribution in [1.29, 1.82) is 0 Å². The summed E-state index contributed by atoms with van der Waals surface area (Å²) < 4.78 is 43.9. The van der Waals surface area contributed by atoms with Crippen LogP contribution in [0.5, 0.6) is 0 Å². The number of hydrogen-bond acceptors (Lipinski definition) is 3. The lowest BCUT2D eigenvalue weighted by Gasteiger charge is -2.14. The Morgan fingerprint density at radius 1 is 1.07 bits per heavy atom. The highest BCUT2D eigenvalue weighted by molar-refractivity contribution is 7.80. The van der Waals surface area contributed by atoms with Crippen molar-refractivity contribution in [3.63, 3.8) is 0 Å². The highest BCUT2D eigenvalue weighted by Gasteiger charge is 2.33. The first kappa shape index (κ1) is 19.2. The number of anilines is 2. The van der Waals surface area contributed by atoms with Crippen molar-refractivity contribution in [1.82, 2.24) is 0 Å². The predicted molar refractivity (Wildman–Crippen MR) is 104 cm³/mol. The predicted octanol–water partition coefficient (Wildman–Crippen LogP) is 5.58. The quantitative estimate of drug-likeness (QED) is 0.425. The lowest BCUT2D eigenvalue weighted by molar-refractivity contribution is -0.137. The molecule has 0 unspecified atom stereocenters. The summed E-state index contributed by atoms with van der Waals surface area (Å²) in [7, 11) is 0. The molecule has 0 amide bonds. The lowest BCUT2D eigenvalue weighted by atomic mass is 10.1. The number of aryl methyl sites for hydroxylation is 1. The third kappa shape index (κ3) is 4.40. The first-order chi connectivity index (χ1) is 12.6. The molecule has 2 N–H and O–H groups in total. The minimum absolute atomic E-state index is 0.0693. The van der Waals surface area contributed by atoms with E-state index in [-0.39, 0.29) is 10.8 Å². The minimum Gasteiger partial charge on any atom is -0.423 e. The van der Waals surface area contributed by atoms with Crippen LogP contribution < -0.4 is 16.3 Å². The van der Waals surface area contributed by atoms with Crippen LogP contribution in [-0.4, -0.2) is 5.11 Å². The fourth-order valence-corrected chi connectivity index (χ4v) is 2.98. The second kappa shape index (κ2) is 7.21. The Morgan fingerprint density at radius 2 is 1.70 bits per heavy atom. The number of nitrogens with one attached hydrogen (secondary N) is 2. The van der Waals surface area contributed by atoms with Gasteiger partial charge >= 0.3 is 11.8 Å². The molecule has 4 nitrogen and oxygen atoms in total. The summed E-state index contributed by atoms with van der Waals surface area (Å²) in [5.74, 6) is 0. The Balaban J connectivity index is 1.80. The number of rotatable bonds is 2. The molecule has 0 spiro atoms. The summed E-state index contributed by atoms with van der Waals surface area (Å²) in [6.07, 6.45) is -4.57. The Bertz CT molecular complexity index is 1100. The number of thiocarbonyl (C=S) groups is 1. The second-order valence-electron chi connectivity index (χ2n) is 5.73. The van der Waals surface area contributed by atoms with Gasteiger partial charge in [0.05, 0.1) is 10.6 Å². The number of halogens is 4. The first-order valence-electron chi connectivity index (χ1n) is 7.63. The molecular formula is C18H12ClF3N2O2S. The van der Waals surface area contributed by atoms with E-state index in [0.29, 0.717) is 11.3 Å². The van der Waals surface area contributed by atoms with E-state index in [1.807, 2.05) is 0 Å². The average Bonchev–Trinajstić information content (AvgIpc) is 2.55. The Kier molecular flexibility index (Phi) is 5.12. The monoisotopic (exact) mass is 412 g/mol. The van der Waals surface area contributed by atoms with Crippen molar-refractivity contribution >= 4 is 51.3 Å². The van der Waals surface area contributed by atoms with Crippen LogP contribution in [0.4, 0.5) is 24.5 Å². The van der Waals surface area contributed by atoms with Crippen molar-refractivity contribution in [3.05, 3.63) is 69.0 Å². The molecule has 0 saturated heterocycles. The summed E-state index contributed by atoms with van der Waals surface area (Å²) in [5, 5.41) is 5.95. The fourth-order valence-electron chi connectivity index (χ4n) is 2.52. The van der Waals surface area contributed by atoms with Gasteiger partial charge in [-0.3, -0.25) is 0 Å². The number of alkyl halides is 3. The smallest absolute Gasteiger partial charge is 0.417 e. The molecule has 3 rings (SSSR count). The van der Waals surface area contributed by atoms with Crippen molar-refractivity contribution in [3.8, 4) is 0 Å². The van der Waals surface area contributed by atoms with Crippen molar-refractivity contribution in [2.45, 2.75) is 13.1 Å². The van der Waals surface area contributed by atoms with Gasteiger partial charge in [-0.2, -0.15) is 13.2 Å². The molecule has 0 aliphatic carbocycles. The van der Waals surface area contributed by atoms with Crippen molar-refractivity contribution in [2.75, 3.05) is 10.6 Å². The van der Waals surface area contributed by atoms with Crippen LogP contribution in [0.3, 0.4) is 0 Å². The van der Waals surface area contributed by atoms with Crippen molar-refractivity contribution in [2.24, 2.45) is 0 Å². The SMILES string of the molecule is Cc1cc(=O)oc2cc(NC(=S)Nc3ccc(Cl)c(C(F)(F)F)c3)ccc12. The largest absolute Gasteiger partial charge is 0.423 e. The van der Waals surface area contributed by atoms with Gasteiger partial charge in [0.1, 0.15) is 5.58 Å². The van der Waals surface area contributed by atoms with E-state index in [9.17, 15) is 18.0 Å². The molecule has 0 aliphatic heterocycles. The minimum atomic E-state index is -4.57. The molecule has 0 atom stereocenters. The van der Waals surface area contributed by atoms with E-state index in [2.05, 4.69) is 10.6 Å². The standard InChI is InChI=1S/C18H12ClF3N2O2S/c1-9-6-16(25)26-15-8-11(2-4-12(9)15)24-17(27)23-10-3-5-14(19)13(7-10)18(20,21)22/h2-8H,1H3,(H2,23,24,27). The molecule has 3 aromatic rings. The van der Waals surface area contributed by atoms with E-state index in [1.165, 1.54) is 12.1 Å². The van der Waals surface area contributed by atoms with Crippen LogP contribution in [0.15, 0.2) is 51.7 Å². The summed E-state index contributed by atoms with van der Waals surface area (Å²) in [4.78, 5) is 11.5. The normalized spacial score (nSPS) is 11.4. The molecule has 2 aromatic carbocycles. The third-order valence-electron chi connectivity index (χ3n) is 3.74. The fraction of sp³-hybridized carbons (Fsp3) is 0.111. The van der Waals surface area contributed by atoms with E-state index >= 15 is 0 Å². The van der Waals surface area contributed by atoms with E-state index in [0.717, 1.165) is 23.1 Å². The number of hydrogen-bond donors (Lipinski definition) is 2. The number of fused-ring (bicyclic) bond motifs is 1. The van der Waals surface area contributed by atoms with E-state index in [1.54, 1.807) is 25.1 Å². The van der Waals surface area contributed by atoms with Gasteiger partial charge in [-0.15, -0.1) is 0 Å². The Labute approximate surface area is 161 Å². The summed E-state index contributed by atoms with van der Waals surface area (Å²) in [5.41, 5.74) is 0.359. The summed E-state index contributed by atoms with van der Waals surface area (Å²) in [6, 6.07) is 9.84. The molecule has 0 bridgehead atoms. The number of benzene rings is 2. The maximum absolute atomic E-state index is 12.9. The molecule has 0 fully saturated rings. The van der Waals surface area contributed by atoms with Gasteiger partial charge in [-0.05, 0) is 55.0 Å². The van der Waals surface area contributed by atoms with E-state index < -0.39 is 22.4 Å². The van der Waals surface area contributed by atoms with Crippen LogP contribution in [0.25, 0.3) is 11.0 Å². The average molecular weight is 413 g/mol. The third-order valence-corrected chi connectivity index (χ3v) is 4.27. The molecule has 140 valence electrons. The molecule has 0 radical (unpaired) electrons. The Morgan fingerprint density at radius 3 is 2.37 bits per heavy atom. The van der Waals surface area contributed by atoms with Crippen LogP contribution in [-0.2, 0) is 6.18 Å². The van der Waals surface area contributed by atoms with Crippen LogP contribution in [0.2, 0.25) is 5.02 Å². The second-order valence-corrected chi connectivity index (χ2v) is 6.55. The summed E-state index contributed by atoms with van der Waals surface area (Å²) >= 11 is 10.7. The van der Waals surface area contributed by atoms with Gasteiger partial charge in [0, 0.05) is 28.9 Å². The van der Waals surface area contributed by atoms with Gasteiger partial charge in [-0.25, -0.2) is 4.79 Å². The van der Waals surface area contributed by atoms with Gasteiger partial charge < -0.3 is 15.1 Å². The first-order valence-corrected chi connectivity index (χ1v) is 8.41. The molecule has 27 heavy (non-hydrogen) atoms. The molecule has 0 saturated carbocycles. The van der Waals surface area contributed by atoms with Crippen molar-refractivity contribution < 1.29 is 17.6 Å². The molecule has 9 heteroatoms. The zero-order valence-electron chi connectivity index (χ0n) is 13.8. The van der Waals surface area contributed by atoms with Gasteiger partial charge in [0.15, 0.2) is 5.11 Å². The van der Waals surface area contributed by atoms with E-state index in [4.69, 9.17) is 28.2 Å². The maximum atomic E-state index is 12.9. The zero-order chi connectivity index (χ0) is 19.8. The van der Waals surface area contributed by atoms with Gasteiger partial charge in [0.25, 0.3) is 0 Å². The maximum Gasteiger partial charge on any atom is 0.417 e. The highest BCUT2D eigenvalue weighted by atomic mass is 35.5. The van der Waals surface area contributed by atoms with Gasteiger partial charge in [0.2, 0.25) is 0 Å². The molecule has 0 aliphatic rings. The molecular weight excluding hydrogens is 401 g/mol.